The number of nitrogens with zero attached hydrogens (tertiary/aromatic N) is 7. The number of benzene rings is 2. The maximum Gasteiger partial charge on any atom is 0.209 e. The molecule has 3 aromatic heterocycles. The van der Waals surface area contributed by atoms with Crippen LogP contribution in [0.5, 0.6) is 11.5 Å². The number of carbonyl (C=O) groups is 1. The Labute approximate surface area is 224 Å². The van der Waals surface area contributed by atoms with Crippen LogP contribution < -0.4 is 15.4 Å². The summed E-state index contributed by atoms with van der Waals surface area (Å²) >= 11 is 0. The molecule has 0 bridgehead atoms. The van der Waals surface area contributed by atoms with Gasteiger partial charge in [-0.25, -0.2) is 24.0 Å². The summed E-state index contributed by atoms with van der Waals surface area (Å²) in [5.41, 5.74) is 3.21. The zero-order valence-electron chi connectivity index (χ0n) is 21.8. The number of pyridine rings is 1. The van der Waals surface area contributed by atoms with Gasteiger partial charge in [-0.15, -0.1) is 5.10 Å². The van der Waals surface area contributed by atoms with Crippen molar-refractivity contribution in [2.24, 2.45) is 7.05 Å². The van der Waals surface area contributed by atoms with Crippen LogP contribution in [0.15, 0.2) is 48.8 Å². The van der Waals surface area contributed by atoms with Crippen LogP contribution >= 0.6 is 0 Å². The molecule has 39 heavy (non-hydrogen) atoms. The fraction of sp³-hybridized carbons (Fsp3) is 0.259. The molecule has 0 aliphatic carbocycles. The Balaban J connectivity index is 1.34. The van der Waals surface area contributed by atoms with E-state index in [0.29, 0.717) is 64.9 Å². The van der Waals surface area contributed by atoms with Crippen molar-refractivity contribution in [3.63, 3.8) is 0 Å². The molecule has 3 heterocycles. The van der Waals surface area contributed by atoms with Crippen LogP contribution in [0.3, 0.4) is 0 Å². The lowest BCUT2D eigenvalue weighted by Gasteiger charge is -2.17. The van der Waals surface area contributed by atoms with E-state index in [-0.39, 0.29) is 5.69 Å². The fourth-order valence-electron chi connectivity index (χ4n) is 4.18. The Morgan fingerprint density at radius 3 is 2.79 bits per heavy atom. The number of hydrogen-bond donors (Lipinski definition) is 2. The van der Waals surface area contributed by atoms with Crippen molar-refractivity contribution >= 4 is 45.8 Å². The molecule has 12 heteroatoms. The average molecular weight is 530 g/mol. The minimum Gasteiger partial charge on any atom is -0.457 e. The number of ether oxygens (including phenoxy) is 1. The SMILES string of the molecule is CCCN(C=O)CCNc1ccc2ncnc(Nc3ccc(Oc4ccc5c(c4)nnn5C)c(C)c3F)c2n1. The van der Waals surface area contributed by atoms with Gasteiger partial charge in [0.25, 0.3) is 0 Å². The van der Waals surface area contributed by atoms with Gasteiger partial charge in [-0.3, -0.25) is 4.79 Å². The van der Waals surface area contributed by atoms with Gasteiger partial charge in [0.2, 0.25) is 6.41 Å². The molecule has 1 amide bonds. The zero-order valence-corrected chi connectivity index (χ0v) is 21.8. The molecule has 0 spiro atoms. The maximum absolute atomic E-state index is 15.4. The molecule has 11 nitrogen and oxygen atoms in total. The minimum atomic E-state index is -0.473. The highest BCUT2D eigenvalue weighted by molar-refractivity contribution is 5.88. The van der Waals surface area contributed by atoms with Crippen LogP contribution in [0.4, 0.5) is 21.7 Å². The minimum absolute atomic E-state index is 0.227. The predicted octanol–water partition coefficient (Wildman–Crippen LogP) is 4.57. The van der Waals surface area contributed by atoms with Crippen molar-refractivity contribution < 1.29 is 13.9 Å². The molecular weight excluding hydrogens is 501 g/mol. The van der Waals surface area contributed by atoms with E-state index in [1.807, 2.05) is 26.1 Å². The Morgan fingerprint density at radius 1 is 1.10 bits per heavy atom. The fourth-order valence-corrected chi connectivity index (χ4v) is 4.18. The van der Waals surface area contributed by atoms with Crippen molar-refractivity contribution in [2.75, 3.05) is 30.3 Å². The second-order valence-corrected chi connectivity index (χ2v) is 9.00. The highest BCUT2D eigenvalue weighted by Gasteiger charge is 2.15. The molecule has 200 valence electrons. The molecule has 0 atom stereocenters. The van der Waals surface area contributed by atoms with Gasteiger partial charge in [0.15, 0.2) is 11.6 Å². The third-order valence-corrected chi connectivity index (χ3v) is 6.25. The molecule has 2 aromatic carbocycles. The highest BCUT2D eigenvalue weighted by Crippen LogP contribution is 2.33. The number of anilines is 3. The summed E-state index contributed by atoms with van der Waals surface area (Å²) in [5.74, 6) is 1.40. The monoisotopic (exact) mass is 529 g/mol. The lowest BCUT2D eigenvalue weighted by atomic mass is 10.1. The summed E-state index contributed by atoms with van der Waals surface area (Å²) in [5, 5.41) is 14.4. The topological polar surface area (TPSA) is 123 Å². The summed E-state index contributed by atoms with van der Waals surface area (Å²) in [6.07, 6.45) is 3.14. The first-order valence-corrected chi connectivity index (χ1v) is 12.5. The van der Waals surface area contributed by atoms with E-state index in [4.69, 9.17) is 4.74 Å². The molecular formula is C27H28FN9O2. The first kappa shape index (κ1) is 25.8. The van der Waals surface area contributed by atoms with E-state index < -0.39 is 5.82 Å². The molecule has 5 aromatic rings. The molecule has 0 saturated carbocycles. The number of amides is 1. The average Bonchev–Trinajstić information content (AvgIpc) is 3.32. The van der Waals surface area contributed by atoms with E-state index >= 15 is 4.39 Å². The van der Waals surface area contributed by atoms with Gasteiger partial charge in [-0.05, 0) is 49.7 Å². The van der Waals surface area contributed by atoms with Crippen LogP contribution in [-0.2, 0) is 11.8 Å². The van der Waals surface area contributed by atoms with Crippen LogP contribution in [0.25, 0.3) is 22.1 Å². The number of hydrogen-bond acceptors (Lipinski definition) is 9. The van der Waals surface area contributed by atoms with E-state index in [9.17, 15) is 4.79 Å². The van der Waals surface area contributed by atoms with Crippen LogP contribution in [0.1, 0.15) is 18.9 Å². The number of fused-ring (bicyclic) bond motifs is 2. The quantitative estimate of drug-likeness (QED) is 0.237. The number of aromatic nitrogens is 6. The van der Waals surface area contributed by atoms with Crippen LogP contribution in [0, 0.1) is 12.7 Å². The Kier molecular flexibility index (Phi) is 7.43. The summed E-state index contributed by atoms with van der Waals surface area (Å²) in [4.78, 5) is 26.1. The molecule has 5 rings (SSSR count). The summed E-state index contributed by atoms with van der Waals surface area (Å²) in [7, 11) is 1.81. The van der Waals surface area contributed by atoms with Gasteiger partial charge in [-0.2, -0.15) is 0 Å². The number of carbonyl (C=O) groups excluding carboxylic acids is 1. The molecule has 0 saturated heterocycles. The van der Waals surface area contributed by atoms with E-state index in [0.717, 1.165) is 18.3 Å². The third kappa shape index (κ3) is 5.54. The van der Waals surface area contributed by atoms with Crippen molar-refractivity contribution in [1.82, 2.24) is 34.8 Å². The van der Waals surface area contributed by atoms with E-state index in [1.54, 1.807) is 46.8 Å². The van der Waals surface area contributed by atoms with Gasteiger partial charge in [-0.1, -0.05) is 12.1 Å². The van der Waals surface area contributed by atoms with E-state index in [2.05, 4.69) is 35.9 Å². The molecule has 2 N–H and O–H groups in total. The number of rotatable bonds is 11. The maximum atomic E-state index is 15.4. The molecule has 0 fully saturated rings. The van der Waals surface area contributed by atoms with Gasteiger partial charge in [0.1, 0.15) is 34.7 Å². The summed E-state index contributed by atoms with van der Waals surface area (Å²) < 4.78 is 23.1. The Bertz CT molecular complexity index is 1640. The second kappa shape index (κ2) is 11.3. The van der Waals surface area contributed by atoms with Crippen molar-refractivity contribution in [3.8, 4) is 11.5 Å². The molecule has 0 radical (unpaired) electrons. The molecule has 0 aliphatic heterocycles. The molecule has 0 unspecified atom stereocenters. The van der Waals surface area contributed by atoms with Crippen LogP contribution in [-0.4, -0.2) is 60.9 Å². The van der Waals surface area contributed by atoms with E-state index in [1.165, 1.54) is 6.33 Å². The van der Waals surface area contributed by atoms with Gasteiger partial charge >= 0.3 is 0 Å². The smallest absolute Gasteiger partial charge is 0.209 e. The standard InChI is InChI=1S/C27H28FN9O2/c1-4-12-37(16-38)13-11-29-24-10-7-20-26(33-24)27(31-15-30-20)32-19-6-9-23(17(2)25(19)28)39-18-5-8-22-21(14-18)34-35-36(22)3/h5-10,14-16H,4,11-13H2,1-3H3,(H,29,33)(H,30,31,32). The van der Waals surface area contributed by atoms with Gasteiger partial charge in [0.05, 0.1) is 16.7 Å². The number of nitrogens with one attached hydrogen (secondary N) is 2. The summed E-state index contributed by atoms with van der Waals surface area (Å²) in [6.45, 7) is 5.46. The molecule has 0 aliphatic rings. The lowest BCUT2D eigenvalue weighted by molar-refractivity contribution is -0.118. The largest absolute Gasteiger partial charge is 0.457 e. The highest BCUT2D eigenvalue weighted by atomic mass is 19.1. The van der Waals surface area contributed by atoms with Gasteiger partial charge in [0, 0.05) is 38.3 Å². The van der Waals surface area contributed by atoms with Crippen molar-refractivity contribution in [2.45, 2.75) is 20.3 Å². The predicted molar refractivity (Wildman–Crippen MR) is 147 cm³/mol. The first-order chi connectivity index (χ1) is 19.0. The number of aryl methyl sites for hydroxylation is 1. The number of halogens is 1. The Morgan fingerprint density at radius 2 is 1.97 bits per heavy atom. The second-order valence-electron chi connectivity index (χ2n) is 9.00. The third-order valence-electron chi connectivity index (χ3n) is 6.25. The van der Waals surface area contributed by atoms with Crippen molar-refractivity contribution in [3.05, 3.63) is 60.2 Å². The first-order valence-electron chi connectivity index (χ1n) is 12.5. The summed E-state index contributed by atoms with van der Waals surface area (Å²) in [6, 6.07) is 12.3. The van der Waals surface area contributed by atoms with Crippen LogP contribution in [0.2, 0.25) is 0 Å². The van der Waals surface area contributed by atoms with Crippen molar-refractivity contribution in [1.29, 1.82) is 0 Å². The normalized spacial score (nSPS) is 11.1. The van der Waals surface area contributed by atoms with Gasteiger partial charge < -0.3 is 20.3 Å². The lowest BCUT2D eigenvalue weighted by Crippen LogP contribution is -2.28. The zero-order chi connectivity index (χ0) is 27.4. The Hall–Kier alpha value is -4.87.